The molecule has 3 aromatic rings. The van der Waals surface area contributed by atoms with Crippen LogP contribution in [-0.2, 0) is 27.8 Å². The number of benzene rings is 2. The highest BCUT2D eigenvalue weighted by Crippen LogP contribution is 2.25. The standard InChI is InChI=1S/C26H31FN4O2S.C2HF3O2/c1-31-15-11-24(12-16-31)29-19-20-5-4-6-21(17-20)22-8-9-26(25(27)18-22)34(32,33)30-14-10-23-7-2-3-13-28-23;3-2(4,5)1(6)7/h2-9,13,17-18,24,29-30H,10-12,14-16,19H2,1H3;(H,6,7). The Labute approximate surface area is 236 Å². The third kappa shape index (κ3) is 10.2. The fourth-order valence-corrected chi connectivity index (χ4v) is 5.26. The molecule has 1 aliphatic heterocycles. The molecule has 8 nitrogen and oxygen atoms in total. The zero-order valence-electron chi connectivity index (χ0n) is 22.4. The molecule has 3 N–H and O–H groups in total. The van der Waals surface area contributed by atoms with E-state index in [0.29, 0.717) is 18.0 Å². The summed E-state index contributed by atoms with van der Waals surface area (Å²) < 4.78 is 74.3. The topological polar surface area (TPSA) is 112 Å². The number of aliphatic carboxylic acids is 1. The van der Waals surface area contributed by atoms with E-state index in [0.717, 1.165) is 49.3 Å². The maximum absolute atomic E-state index is 14.9. The first kappa shape index (κ1) is 32.1. The average molecular weight is 597 g/mol. The van der Waals surface area contributed by atoms with Crippen molar-refractivity contribution < 1.29 is 35.9 Å². The Morgan fingerprint density at radius 2 is 1.73 bits per heavy atom. The van der Waals surface area contributed by atoms with Gasteiger partial charge < -0.3 is 15.3 Å². The van der Waals surface area contributed by atoms with E-state index in [1.807, 2.05) is 36.4 Å². The molecule has 222 valence electrons. The van der Waals surface area contributed by atoms with Crippen LogP contribution in [0.4, 0.5) is 17.6 Å². The zero-order valence-corrected chi connectivity index (χ0v) is 23.2. The lowest BCUT2D eigenvalue weighted by atomic mass is 10.0. The molecule has 0 amide bonds. The lowest BCUT2D eigenvalue weighted by molar-refractivity contribution is -0.192. The number of nitrogens with one attached hydrogen (secondary N) is 2. The van der Waals surface area contributed by atoms with Gasteiger partial charge in [0.25, 0.3) is 0 Å². The smallest absolute Gasteiger partial charge is 0.475 e. The first-order valence-corrected chi connectivity index (χ1v) is 14.3. The largest absolute Gasteiger partial charge is 0.490 e. The normalized spacial score (nSPS) is 14.8. The average Bonchev–Trinajstić information content (AvgIpc) is 2.93. The van der Waals surface area contributed by atoms with Gasteiger partial charge in [-0.1, -0.05) is 30.3 Å². The van der Waals surface area contributed by atoms with Crippen molar-refractivity contribution in [2.45, 2.75) is 42.9 Å². The summed E-state index contributed by atoms with van der Waals surface area (Å²) in [5.74, 6) is -3.52. The minimum Gasteiger partial charge on any atom is -0.475 e. The van der Waals surface area contributed by atoms with Crippen LogP contribution in [0.15, 0.2) is 71.8 Å². The lowest BCUT2D eigenvalue weighted by Crippen LogP contribution is -2.40. The first-order chi connectivity index (χ1) is 19.3. The number of likely N-dealkylation sites (tertiary alicyclic amines) is 1. The van der Waals surface area contributed by atoms with Gasteiger partial charge in [-0.3, -0.25) is 4.98 Å². The van der Waals surface area contributed by atoms with Gasteiger partial charge in [0, 0.05) is 37.4 Å². The monoisotopic (exact) mass is 596 g/mol. The predicted molar refractivity (Wildman–Crippen MR) is 146 cm³/mol. The van der Waals surface area contributed by atoms with Crippen LogP contribution in [0.25, 0.3) is 11.1 Å². The van der Waals surface area contributed by atoms with Crippen LogP contribution in [0.1, 0.15) is 24.1 Å². The third-order valence-electron chi connectivity index (χ3n) is 6.44. The maximum Gasteiger partial charge on any atom is 0.490 e. The Bertz CT molecular complexity index is 1400. The van der Waals surface area contributed by atoms with Crippen LogP contribution in [0, 0.1) is 5.82 Å². The van der Waals surface area contributed by atoms with Gasteiger partial charge in [0.15, 0.2) is 0 Å². The number of rotatable bonds is 9. The van der Waals surface area contributed by atoms with Crippen LogP contribution in [-0.4, -0.2) is 68.3 Å². The molecule has 1 fully saturated rings. The molecule has 0 saturated carbocycles. The summed E-state index contributed by atoms with van der Waals surface area (Å²) in [6.45, 7) is 3.10. The van der Waals surface area contributed by atoms with E-state index in [2.05, 4.69) is 27.0 Å². The minimum absolute atomic E-state index is 0.146. The highest BCUT2D eigenvalue weighted by atomic mass is 32.2. The van der Waals surface area contributed by atoms with Gasteiger partial charge in [-0.25, -0.2) is 22.3 Å². The second kappa shape index (κ2) is 14.5. The Morgan fingerprint density at radius 3 is 2.34 bits per heavy atom. The van der Waals surface area contributed by atoms with E-state index in [1.165, 1.54) is 12.1 Å². The number of hydrogen-bond donors (Lipinski definition) is 3. The fourth-order valence-electron chi connectivity index (χ4n) is 4.17. The number of pyridine rings is 1. The molecule has 13 heteroatoms. The molecule has 2 aromatic carbocycles. The van der Waals surface area contributed by atoms with Crippen LogP contribution < -0.4 is 10.0 Å². The molecule has 0 atom stereocenters. The van der Waals surface area contributed by atoms with E-state index in [1.54, 1.807) is 18.3 Å². The summed E-state index contributed by atoms with van der Waals surface area (Å²) in [6.07, 6.45) is -0.735. The Morgan fingerprint density at radius 1 is 1.05 bits per heavy atom. The van der Waals surface area contributed by atoms with Crippen molar-refractivity contribution in [3.05, 3.63) is 83.9 Å². The number of nitrogens with zero attached hydrogens (tertiary/aromatic N) is 2. The molecular weight excluding hydrogens is 564 g/mol. The number of carbonyl (C=O) groups is 1. The second-order valence-corrected chi connectivity index (χ2v) is 11.3. The summed E-state index contributed by atoms with van der Waals surface area (Å²) in [6, 6.07) is 18.2. The summed E-state index contributed by atoms with van der Waals surface area (Å²) in [4.78, 5) is 15.1. The zero-order chi connectivity index (χ0) is 30.0. The van der Waals surface area contributed by atoms with E-state index in [-0.39, 0.29) is 11.4 Å². The molecule has 1 aliphatic rings. The van der Waals surface area contributed by atoms with Crippen molar-refractivity contribution in [1.82, 2.24) is 19.9 Å². The molecule has 1 saturated heterocycles. The molecule has 2 heterocycles. The third-order valence-corrected chi connectivity index (χ3v) is 7.93. The van der Waals surface area contributed by atoms with Gasteiger partial charge in [0.05, 0.1) is 0 Å². The van der Waals surface area contributed by atoms with E-state index in [9.17, 15) is 26.0 Å². The maximum atomic E-state index is 14.9. The van der Waals surface area contributed by atoms with Gasteiger partial charge in [0.1, 0.15) is 10.7 Å². The summed E-state index contributed by atoms with van der Waals surface area (Å²) in [7, 11) is -1.81. The number of aromatic nitrogens is 1. The Kier molecular flexibility index (Phi) is 11.4. The Hall–Kier alpha value is -3.39. The molecule has 41 heavy (non-hydrogen) atoms. The van der Waals surface area contributed by atoms with Crippen molar-refractivity contribution in [2.24, 2.45) is 0 Å². The van der Waals surface area contributed by atoms with E-state index >= 15 is 0 Å². The van der Waals surface area contributed by atoms with Crippen molar-refractivity contribution in [3.63, 3.8) is 0 Å². The first-order valence-electron chi connectivity index (χ1n) is 12.9. The van der Waals surface area contributed by atoms with Crippen LogP contribution >= 0.6 is 0 Å². The number of carboxylic acid groups (broad SMARTS) is 1. The number of halogens is 4. The highest BCUT2D eigenvalue weighted by Gasteiger charge is 2.38. The van der Waals surface area contributed by atoms with Crippen molar-refractivity contribution in [1.29, 1.82) is 0 Å². The molecule has 0 radical (unpaired) electrons. The van der Waals surface area contributed by atoms with Crippen molar-refractivity contribution in [3.8, 4) is 11.1 Å². The summed E-state index contributed by atoms with van der Waals surface area (Å²) in [5, 5.41) is 10.7. The summed E-state index contributed by atoms with van der Waals surface area (Å²) in [5.41, 5.74) is 3.38. The van der Waals surface area contributed by atoms with E-state index < -0.39 is 28.0 Å². The molecular formula is C28H32F4N4O4S. The molecule has 0 spiro atoms. The van der Waals surface area contributed by atoms with Crippen LogP contribution in [0.2, 0.25) is 0 Å². The fraction of sp³-hybridized carbons (Fsp3) is 0.357. The number of carboxylic acids is 1. The van der Waals surface area contributed by atoms with Crippen molar-refractivity contribution >= 4 is 16.0 Å². The number of hydrogen-bond acceptors (Lipinski definition) is 6. The second-order valence-electron chi connectivity index (χ2n) is 9.58. The molecule has 0 unspecified atom stereocenters. The lowest BCUT2D eigenvalue weighted by Gasteiger charge is -2.29. The van der Waals surface area contributed by atoms with E-state index in [4.69, 9.17) is 9.90 Å². The van der Waals surface area contributed by atoms with Crippen LogP contribution in [0.5, 0.6) is 0 Å². The van der Waals surface area contributed by atoms with Gasteiger partial charge in [-0.05, 0) is 80.0 Å². The summed E-state index contributed by atoms with van der Waals surface area (Å²) >= 11 is 0. The van der Waals surface area contributed by atoms with Gasteiger partial charge >= 0.3 is 12.1 Å². The van der Waals surface area contributed by atoms with Gasteiger partial charge in [0.2, 0.25) is 10.0 Å². The molecule has 0 aliphatic carbocycles. The van der Waals surface area contributed by atoms with Crippen molar-refractivity contribution in [2.75, 3.05) is 26.7 Å². The Balaban J connectivity index is 0.000000587. The highest BCUT2D eigenvalue weighted by molar-refractivity contribution is 7.89. The number of alkyl halides is 3. The van der Waals surface area contributed by atoms with Gasteiger partial charge in [-0.2, -0.15) is 13.2 Å². The minimum atomic E-state index is -5.08. The quantitative estimate of drug-likeness (QED) is 0.317. The van der Waals surface area contributed by atoms with Gasteiger partial charge in [-0.15, -0.1) is 0 Å². The predicted octanol–water partition coefficient (Wildman–Crippen LogP) is 4.23. The SMILES string of the molecule is CN1CCC(NCc2cccc(-c3ccc(S(=O)(=O)NCCc4ccccn4)c(F)c3)c2)CC1.O=C(O)C(F)(F)F. The number of piperidine rings is 1. The molecule has 0 bridgehead atoms. The number of sulfonamides is 1. The van der Waals surface area contributed by atoms with Crippen LogP contribution in [0.3, 0.4) is 0 Å². The molecule has 4 rings (SSSR count). The molecule has 1 aromatic heterocycles.